The lowest BCUT2D eigenvalue weighted by atomic mass is 9.95. The fourth-order valence-corrected chi connectivity index (χ4v) is 2.98. The Hall–Kier alpha value is -2.41. The van der Waals surface area contributed by atoms with Crippen molar-refractivity contribution in [2.24, 2.45) is 5.41 Å². The molecule has 2 aromatic rings. The number of carbonyl (C=O) groups is 1. The van der Waals surface area contributed by atoms with Crippen molar-refractivity contribution in [3.05, 3.63) is 54.3 Å². The van der Waals surface area contributed by atoms with Crippen LogP contribution in [0.1, 0.15) is 20.8 Å². The lowest BCUT2D eigenvalue weighted by Crippen LogP contribution is -2.27. The zero-order valence-electron chi connectivity index (χ0n) is 13.6. The number of halogens is 1. The highest BCUT2D eigenvalue weighted by atomic mass is 32.2. The molecule has 0 saturated heterocycles. The average molecular weight is 350 g/mol. The summed E-state index contributed by atoms with van der Waals surface area (Å²) < 4.78 is 40.6. The Labute approximate surface area is 141 Å². The normalized spacial score (nSPS) is 11.8. The van der Waals surface area contributed by atoms with E-state index in [1.165, 1.54) is 30.3 Å². The number of benzene rings is 2. The lowest BCUT2D eigenvalue weighted by Gasteiger charge is -2.18. The van der Waals surface area contributed by atoms with Gasteiger partial charge in [0.1, 0.15) is 10.7 Å². The molecule has 2 rings (SSSR count). The first-order valence-corrected chi connectivity index (χ1v) is 8.77. The van der Waals surface area contributed by atoms with E-state index in [9.17, 15) is 17.6 Å². The molecule has 7 heteroatoms. The van der Waals surface area contributed by atoms with Gasteiger partial charge in [-0.3, -0.25) is 9.52 Å². The van der Waals surface area contributed by atoms with Gasteiger partial charge >= 0.3 is 0 Å². The van der Waals surface area contributed by atoms with Crippen molar-refractivity contribution >= 4 is 27.3 Å². The second kappa shape index (κ2) is 6.60. The van der Waals surface area contributed by atoms with Crippen LogP contribution in [0.5, 0.6) is 0 Å². The summed E-state index contributed by atoms with van der Waals surface area (Å²) in [5.74, 6) is -1.03. The number of carbonyl (C=O) groups excluding carboxylic acids is 1. The first-order chi connectivity index (χ1) is 11.1. The molecule has 0 unspecified atom stereocenters. The molecule has 2 N–H and O–H groups in total. The fourth-order valence-electron chi connectivity index (χ4n) is 1.85. The molecule has 5 nitrogen and oxygen atoms in total. The smallest absolute Gasteiger partial charge is 0.264 e. The van der Waals surface area contributed by atoms with Crippen molar-refractivity contribution in [3.8, 4) is 0 Å². The van der Waals surface area contributed by atoms with Gasteiger partial charge < -0.3 is 5.32 Å². The minimum atomic E-state index is -4.06. The van der Waals surface area contributed by atoms with Gasteiger partial charge in [0, 0.05) is 11.1 Å². The van der Waals surface area contributed by atoms with Crippen LogP contribution in [0.25, 0.3) is 0 Å². The van der Waals surface area contributed by atoms with E-state index >= 15 is 0 Å². The summed E-state index contributed by atoms with van der Waals surface area (Å²) in [6.07, 6.45) is 0. The van der Waals surface area contributed by atoms with Crippen molar-refractivity contribution < 1.29 is 17.6 Å². The highest BCUT2D eigenvalue weighted by Crippen LogP contribution is 2.23. The molecule has 0 aromatic heterocycles. The second-order valence-electron chi connectivity index (χ2n) is 6.32. The lowest BCUT2D eigenvalue weighted by molar-refractivity contribution is -0.123. The van der Waals surface area contributed by atoms with Crippen LogP contribution in [0.15, 0.2) is 53.4 Å². The topological polar surface area (TPSA) is 75.3 Å². The Morgan fingerprint density at radius 3 is 2.25 bits per heavy atom. The predicted octanol–water partition coefficient (Wildman–Crippen LogP) is 3.61. The molecule has 0 aliphatic rings. The van der Waals surface area contributed by atoms with Crippen LogP contribution in [0.2, 0.25) is 0 Å². The van der Waals surface area contributed by atoms with E-state index in [1.807, 2.05) is 0 Å². The summed E-state index contributed by atoms with van der Waals surface area (Å²) >= 11 is 0. The third-order valence-corrected chi connectivity index (χ3v) is 4.59. The monoisotopic (exact) mass is 350 g/mol. The summed E-state index contributed by atoms with van der Waals surface area (Å²) in [4.78, 5) is 11.6. The number of hydrogen-bond acceptors (Lipinski definition) is 3. The summed E-state index contributed by atoms with van der Waals surface area (Å²) in [5.41, 5.74) is 0.0940. The van der Waals surface area contributed by atoms with Gasteiger partial charge in [-0.2, -0.15) is 0 Å². The molecule has 0 fully saturated rings. The highest BCUT2D eigenvalue weighted by Gasteiger charge is 2.22. The summed E-state index contributed by atoms with van der Waals surface area (Å²) in [6.45, 7) is 5.31. The first-order valence-electron chi connectivity index (χ1n) is 7.28. The van der Waals surface area contributed by atoms with Crippen molar-refractivity contribution in [3.63, 3.8) is 0 Å². The van der Waals surface area contributed by atoms with Gasteiger partial charge in [0.05, 0.1) is 5.69 Å². The standard InChI is InChI=1S/C17H19FN2O3S/c1-17(2,3)16(21)19-12-7-6-8-13(11-12)20-24(22,23)15-10-5-4-9-14(15)18/h4-11,20H,1-3H3,(H,19,21). The fraction of sp³-hybridized carbons (Fsp3) is 0.235. The first kappa shape index (κ1) is 17.9. The molecule has 0 aliphatic heterocycles. The number of hydrogen-bond donors (Lipinski definition) is 2. The summed E-state index contributed by atoms with van der Waals surface area (Å²) in [5, 5.41) is 2.71. The number of nitrogens with one attached hydrogen (secondary N) is 2. The Kier molecular flexibility index (Phi) is 4.94. The van der Waals surface area contributed by atoms with Crippen molar-refractivity contribution in [1.29, 1.82) is 0 Å². The zero-order chi connectivity index (χ0) is 18.0. The molecular weight excluding hydrogens is 331 g/mol. The van der Waals surface area contributed by atoms with E-state index in [-0.39, 0.29) is 11.6 Å². The van der Waals surface area contributed by atoms with Gasteiger partial charge in [-0.15, -0.1) is 0 Å². The van der Waals surface area contributed by atoms with Gasteiger partial charge in [0.2, 0.25) is 5.91 Å². The second-order valence-corrected chi connectivity index (χ2v) is 7.97. The van der Waals surface area contributed by atoms with Crippen LogP contribution in [-0.2, 0) is 14.8 Å². The quantitative estimate of drug-likeness (QED) is 0.884. The molecule has 0 radical (unpaired) electrons. The van der Waals surface area contributed by atoms with E-state index < -0.39 is 26.2 Å². The molecule has 0 aliphatic carbocycles. The summed E-state index contributed by atoms with van der Waals surface area (Å²) in [7, 11) is -4.06. The molecule has 0 heterocycles. The minimum absolute atomic E-state index is 0.198. The van der Waals surface area contributed by atoms with Crippen LogP contribution >= 0.6 is 0 Å². The number of amides is 1. The molecule has 0 bridgehead atoms. The van der Waals surface area contributed by atoms with E-state index in [0.717, 1.165) is 6.07 Å². The third-order valence-electron chi connectivity index (χ3n) is 3.18. The van der Waals surface area contributed by atoms with Crippen LogP contribution in [-0.4, -0.2) is 14.3 Å². The maximum atomic E-state index is 13.7. The molecule has 1 amide bonds. The highest BCUT2D eigenvalue weighted by molar-refractivity contribution is 7.92. The van der Waals surface area contributed by atoms with Crippen LogP contribution in [0.3, 0.4) is 0 Å². The molecular formula is C17H19FN2O3S. The zero-order valence-corrected chi connectivity index (χ0v) is 14.4. The SMILES string of the molecule is CC(C)(C)C(=O)Nc1cccc(NS(=O)(=O)c2ccccc2F)c1. The third kappa shape index (κ3) is 4.32. The van der Waals surface area contributed by atoms with Crippen molar-refractivity contribution in [2.75, 3.05) is 10.0 Å². The maximum Gasteiger partial charge on any atom is 0.264 e. The van der Waals surface area contributed by atoms with E-state index in [4.69, 9.17) is 0 Å². The Morgan fingerprint density at radius 1 is 1.00 bits per heavy atom. The van der Waals surface area contributed by atoms with Crippen LogP contribution < -0.4 is 10.0 Å². The summed E-state index contributed by atoms with van der Waals surface area (Å²) in [6, 6.07) is 11.3. The molecule has 0 atom stereocenters. The molecule has 24 heavy (non-hydrogen) atoms. The van der Waals surface area contributed by atoms with Crippen molar-refractivity contribution in [1.82, 2.24) is 0 Å². The number of anilines is 2. The molecule has 0 saturated carbocycles. The average Bonchev–Trinajstić information content (AvgIpc) is 2.46. The van der Waals surface area contributed by atoms with Gasteiger partial charge in [0.25, 0.3) is 10.0 Å². The van der Waals surface area contributed by atoms with E-state index in [2.05, 4.69) is 10.0 Å². The Morgan fingerprint density at radius 2 is 1.62 bits per heavy atom. The van der Waals surface area contributed by atoms with Crippen molar-refractivity contribution in [2.45, 2.75) is 25.7 Å². The molecule has 128 valence electrons. The Bertz CT molecular complexity index is 858. The van der Waals surface area contributed by atoms with Crippen LogP contribution in [0.4, 0.5) is 15.8 Å². The number of sulfonamides is 1. The van der Waals surface area contributed by atoms with Gasteiger partial charge in [-0.05, 0) is 30.3 Å². The largest absolute Gasteiger partial charge is 0.326 e. The maximum absolute atomic E-state index is 13.7. The van der Waals surface area contributed by atoms with E-state index in [0.29, 0.717) is 5.69 Å². The number of rotatable bonds is 4. The Balaban J connectivity index is 2.24. The molecule has 2 aromatic carbocycles. The molecule has 0 spiro atoms. The van der Waals surface area contributed by atoms with Gasteiger partial charge in [-0.25, -0.2) is 12.8 Å². The van der Waals surface area contributed by atoms with E-state index in [1.54, 1.807) is 32.9 Å². The predicted molar refractivity (Wildman–Crippen MR) is 91.7 cm³/mol. The van der Waals surface area contributed by atoms with Crippen LogP contribution in [0, 0.1) is 11.2 Å². The van der Waals surface area contributed by atoms with Gasteiger partial charge in [0.15, 0.2) is 0 Å². The minimum Gasteiger partial charge on any atom is -0.326 e. The van der Waals surface area contributed by atoms with Gasteiger partial charge in [-0.1, -0.05) is 39.0 Å².